The van der Waals surface area contributed by atoms with Crippen molar-refractivity contribution in [2.24, 2.45) is 0 Å². The summed E-state index contributed by atoms with van der Waals surface area (Å²) in [5.41, 5.74) is 6.18. The highest BCUT2D eigenvalue weighted by Crippen LogP contribution is 2.15. The van der Waals surface area contributed by atoms with Gasteiger partial charge in [-0.25, -0.2) is 4.98 Å². The van der Waals surface area contributed by atoms with Crippen molar-refractivity contribution in [1.82, 2.24) is 4.98 Å². The molecule has 1 heterocycles. The van der Waals surface area contributed by atoms with Crippen LogP contribution in [0.3, 0.4) is 0 Å². The molecule has 0 saturated carbocycles. The number of pyridine rings is 1. The fourth-order valence-corrected chi connectivity index (χ4v) is 1.56. The molecule has 0 aliphatic heterocycles. The molecule has 5 nitrogen and oxygen atoms in total. The van der Waals surface area contributed by atoms with Crippen molar-refractivity contribution >= 4 is 29.0 Å². The van der Waals surface area contributed by atoms with Crippen LogP contribution in [0.2, 0.25) is 5.02 Å². The van der Waals surface area contributed by atoms with E-state index in [2.05, 4.69) is 10.3 Å². The normalized spacial score (nSPS) is 9.95. The van der Waals surface area contributed by atoms with Crippen LogP contribution in [0.5, 0.6) is 5.75 Å². The van der Waals surface area contributed by atoms with Gasteiger partial charge >= 0.3 is 0 Å². The number of aromatic nitrogens is 1. The molecule has 0 spiro atoms. The lowest BCUT2D eigenvalue weighted by Gasteiger charge is -2.07. The number of nitrogens with one attached hydrogen (secondary N) is 1. The number of anilines is 2. The lowest BCUT2D eigenvalue weighted by atomic mass is 10.3. The molecule has 1 aromatic heterocycles. The zero-order chi connectivity index (χ0) is 13.7. The van der Waals surface area contributed by atoms with Gasteiger partial charge < -0.3 is 15.8 Å². The maximum atomic E-state index is 11.6. The summed E-state index contributed by atoms with van der Waals surface area (Å²) in [6.07, 6.45) is 1.51. The van der Waals surface area contributed by atoms with E-state index in [-0.39, 0.29) is 12.5 Å². The number of amides is 1. The number of nitrogens with zero attached hydrogens (tertiary/aromatic N) is 1. The summed E-state index contributed by atoms with van der Waals surface area (Å²) in [6.45, 7) is -0.127. The average Bonchev–Trinajstić information content (AvgIpc) is 2.36. The predicted molar refractivity (Wildman–Crippen MR) is 74.2 cm³/mol. The Labute approximate surface area is 115 Å². The predicted octanol–water partition coefficient (Wildman–Crippen LogP) is 2.33. The maximum absolute atomic E-state index is 11.6. The number of rotatable bonds is 4. The summed E-state index contributed by atoms with van der Waals surface area (Å²) in [7, 11) is 0. The Balaban J connectivity index is 1.88. The van der Waals surface area contributed by atoms with E-state index < -0.39 is 0 Å². The second-order valence-electron chi connectivity index (χ2n) is 3.77. The molecule has 1 amide bonds. The van der Waals surface area contributed by atoms with Crippen LogP contribution in [0.1, 0.15) is 0 Å². The molecule has 0 radical (unpaired) electrons. The Hall–Kier alpha value is -2.27. The molecule has 2 aromatic rings. The molecular formula is C13H12ClN3O2. The Kier molecular flexibility index (Phi) is 4.20. The number of nitrogen functional groups attached to an aromatic ring is 1. The van der Waals surface area contributed by atoms with Crippen molar-refractivity contribution in [2.75, 3.05) is 17.7 Å². The topological polar surface area (TPSA) is 77.2 Å². The first-order valence-electron chi connectivity index (χ1n) is 5.53. The van der Waals surface area contributed by atoms with E-state index in [9.17, 15) is 4.79 Å². The van der Waals surface area contributed by atoms with Gasteiger partial charge in [0, 0.05) is 23.0 Å². The second-order valence-corrected chi connectivity index (χ2v) is 4.21. The van der Waals surface area contributed by atoms with Crippen molar-refractivity contribution in [3.63, 3.8) is 0 Å². The second kappa shape index (κ2) is 6.06. The van der Waals surface area contributed by atoms with Gasteiger partial charge in [-0.2, -0.15) is 0 Å². The van der Waals surface area contributed by atoms with Gasteiger partial charge in [0.15, 0.2) is 6.61 Å². The van der Waals surface area contributed by atoms with E-state index in [4.69, 9.17) is 22.1 Å². The third-order valence-electron chi connectivity index (χ3n) is 2.22. The monoisotopic (exact) mass is 277 g/mol. The number of benzene rings is 1. The van der Waals surface area contributed by atoms with Gasteiger partial charge in [-0.05, 0) is 24.3 Å². The Morgan fingerprint density at radius 1 is 1.37 bits per heavy atom. The highest BCUT2D eigenvalue weighted by atomic mass is 35.5. The fourth-order valence-electron chi connectivity index (χ4n) is 1.41. The van der Waals surface area contributed by atoms with E-state index in [1.54, 1.807) is 36.4 Å². The van der Waals surface area contributed by atoms with Gasteiger partial charge in [0.05, 0.1) is 0 Å². The van der Waals surface area contributed by atoms with E-state index >= 15 is 0 Å². The van der Waals surface area contributed by atoms with Gasteiger partial charge in [-0.1, -0.05) is 17.7 Å². The summed E-state index contributed by atoms with van der Waals surface area (Å²) < 4.78 is 5.30. The Bertz CT molecular complexity index is 590. The molecule has 2 rings (SSSR count). The third kappa shape index (κ3) is 4.15. The molecule has 98 valence electrons. The summed E-state index contributed by atoms with van der Waals surface area (Å²) in [4.78, 5) is 15.6. The Morgan fingerprint density at radius 3 is 2.95 bits per heavy atom. The van der Waals surface area contributed by atoms with E-state index in [1.807, 2.05) is 0 Å². The van der Waals surface area contributed by atoms with Gasteiger partial charge in [0.25, 0.3) is 5.91 Å². The standard InChI is InChI=1S/C13H12ClN3O2/c14-9-4-5-16-12(6-9)17-13(18)8-19-11-3-1-2-10(15)7-11/h1-7H,8,15H2,(H,16,17,18). The van der Waals surface area contributed by atoms with Crippen LogP contribution < -0.4 is 15.8 Å². The molecule has 3 N–H and O–H groups in total. The van der Waals surface area contributed by atoms with Crippen LogP contribution in [0.25, 0.3) is 0 Å². The summed E-state index contributed by atoms with van der Waals surface area (Å²) in [5, 5.41) is 3.08. The van der Waals surface area contributed by atoms with Gasteiger partial charge in [0.2, 0.25) is 0 Å². The average molecular weight is 278 g/mol. The van der Waals surface area contributed by atoms with Crippen LogP contribution in [0.4, 0.5) is 11.5 Å². The molecule has 6 heteroatoms. The van der Waals surface area contributed by atoms with Crippen molar-refractivity contribution < 1.29 is 9.53 Å². The first-order chi connectivity index (χ1) is 9.13. The minimum absolute atomic E-state index is 0.127. The molecule has 0 bridgehead atoms. The lowest BCUT2D eigenvalue weighted by molar-refractivity contribution is -0.118. The third-order valence-corrected chi connectivity index (χ3v) is 2.45. The number of halogens is 1. The SMILES string of the molecule is Nc1cccc(OCC(=O)Nc2cc(Cl)ccn2)c1. The van der Waals surface area contributed by atoms with Crippen molar-refractivity contribution in [3.8, 4) is 5.75 Å². The molecule has 0 aliphatic rings. The molecule has 0 fully saturated rings. The van der Waals surface area contributed by atoms with Crippen molar-refractivity contribution in [2.45, 2.75) is 0 Å². The summed E-state index contributed by atoms with van der Waals surface area (Å²) >= 11 is 5.78. The molecule has 0 saturated heterocycles. The number of carbonyl (C=O) groups excluding carboxylic acids is 1. The largest absolute Gasteiger partial charge is 0.484 e. The molecule has 0 atom stereocenters. The quantitative estimate of drug-likeness (QED) is 0.841. The molecule has 0 unspecified atom stereocenters. The van der Waals surface area contributed by atoms with E-state index in [0.29, 0.717) is 22.3 Å². The smallest absolute Gasteiger partial charge is 0.263 e. The maximum Gasteiger partial charge on any atom is 0.263 e. The molecule has 1 aromatic carbocycles. The van der Waals surface area contributed by atoms with Gasteiger partial charge in [0.1, 0.15) is 11.6 Å². The number of ether oxygens (including phenoxy) is 1. The Morgan fingerprint density at radius 2 is 2.21 bits per heavy atom. The zero-order valence-electron chi connectivity index (χ0n) is 9.97. The van der Waals surface area contributed by atoms with Crippen molar-refractivity contribution in [3.05, 3.63) is 47.6 Å². The number of carbonyl (C=O) groups is 1. The molecule has 19 heavy (non-hydrogen) atoms. The highest BCUT2D eigenvalue weighted by molar-refractivity contribution is 6.30. The van der Waals surface area contributed by atoms with Crippen LogP contribution in [-0.4, -0.2) is 17.5 Å². The van der Waals surface area contributed by atoms with Crippen LogP contribution in [0, 0.1) is 0 Å². The van der Waals surface area contributed by atoms with Gasteiger partial charge in [-0.15, -0.1) is 0 Å². The number of nitrogens with two attached hydrogens (primary N) is 1. The van der Waals surface area contributed by atoms with Crippen LogP contribution in [0.15, 0.2) is 42.6 Å². The van der Waals surface area contributed by atoms with E-state index in [0.717, 1.165) is 0 Å². The van der Waals surface area contributed by atoms with Crippen LogP contribution >= 0.6 is 11.6 Å². The first-order valence-corrected chi connectivity index (χ1v) is 5.91. The summed E-state index contributed by atoms with van der Waals surface area (Å²) in [6, 6.07) is 10.0. The lowest BCUT2D eigenvalue weighted by Crippen LogP contribution is -2.20. The first kappa shape index (κ1) is 13.2. The van der Waals surface area contributed by atoms with Crippen molar-refractivity contribution in [1.29, 1.82) is 0 Å². The zero-order valence-corrected chi connectivity index (χ0v) is 10.7. The van der Waals surface area contributed by atoms with Gasteiger partial charge in [-0.3, -0.25) is 4.79 Å². The minimum Gasteiger partial charge on any atom is -0.484 e. The number of hydrogen-bond acceptors (Lipinski definition) is 4. The molecular weight excluding hydrogens is 266 g/mol. The number of hydrogen-bond donors (Lipinski definition) is 2. The fraction of sp³-hybridized carbons (Fsp3) is 0.0769. The highest BCUT2D eigenvalue weighted by Gasteiger charge is 2.05. The summed E-state index contributed by atoms with van der Waals surface area (Å²) in [5.74, 6) is 0.597. The molecule has 0 aliphatic carbocycles. The minimum atomic E-state index is -0.322. The van der Waals surface area contributed by atoms with E-state index in [1.165, 1.54) is 6.20 Å². The van der Waals surface area contributed by atoms with Crippen LogP contribution in [-0.2, 0) is 4.79 Å².